The fourth-order valence-electron chi connectivity index (χ4n) is 4.12. The van der Waals surface area contributed by atoms with Gasteiger partial charge in [0.1, 0.15) is 12.4 Å². The summed E-state index contributed by atoms with van der Waals surface area (Å²) in [6, 6.07) is 9.99. The molecule has 0 saturated heterocycles. The van der Waals surface area contributed by atoms with Crippen LogP contribution in [-0.2, 0) is 16.0 Å². The van der Waals surface area contributed by atoms with E-state index in [-0.39, 0.29) is 18.5 Å². The number of carbonyl (C=O) groups excluding carboxylic acids is 1. The van der Waals surface area contributed by atoms with E-state index in [1.54, 1.807) is 24.5 Å². The van der Waals surface area contributed by atoms with Crippen LogP contribution in [0.3, 0.4) is 0 Å². The lowest BCUT2D eigenvalue weighted by molar-refractivity contribution is -0.136. The number of methoxy groups -OCH3 is 1. The van der Waals surface area contributed by atoms with Gasteiger partial charge in [0.2, 0.25) is 5.91 Å². The Balaban J connectivity index is 1.69. The van der Waals surface area contributed by atoms with Gasteiger partial charge >= 0.3 is 0 Å². The zero-order valence-corrected chi connectivity index (χ0v) is 20.6. The number of carbonyl (C=O) groups is 1. The average Bonchev–Trinajstić information content (AvgIpc) is 3.29. The van der Waals surface area contributed by atoms with Crippen LogP contribution in [0.4, 0.5) is 0 Å². The molecular formula is C26H36N2O4S. The molecule has 1 aromatic heterocycles. The Bertz CT molecular complexity index is 883. The molecule has 33 heavy (non-hydrogen) atoms. The molecule has 0 saturated carbocycles. The topological polar surface area (TPSA) is 62.2 Å². The van der Waals surface area contributed by atoms with E-state index in [0.717, 1.165) is 18.6 Å². The fraction of sp³-hybridized carbons (Fsp3) is 0.500. The number of hydrogen-bond acceptors (Lipinski definition) is 6. The largest absolute Gasteiger partial charge is 0.491 e. The molecule has 0 radical (unpaired) electrons. The highest BCUT2D eigenvalue weighted by Gasteiger charge is 2.33. The lowest BCUT2D eigenvalue weighted by Gasteiger charge is -2.37. The number of allylic oxidation sites excluding steroid dienone is 1. The summed E-state index contributed by atoms with van der Waals surface area (Å²) >= 11 is 1.75. The molecule has 1 aromatic carbocycles. The number of thiophene rings is 1. The van der Waals surface area contributed by atoms with Gasteiger partial charge in [0.25, 0.3) is 0 Å². The maximum Gasteiger partial charge on any atom is 0.237 e. The standard InChI is InChI=1S/C26H36N2O4S/c1-4-5-6-21(29)17-27(14-15-31-3)18-26(30)28-13-11-25-23(12-16-33-25)24(28)19-32-22-9-7-20(2)8-10-22/h4,7-10,12,16,21,24,29H,1,5-6,11,13-15,17-19H2,2-3H3. The highest BCUT2D eigenvalue weighted by atomic mass is 32.1. The van der Waals surface area contributed by atoms with Gasteiger partial charge < -0.3 is 19.5 Å². The third kappa shape index (κ3) is 7.40. The Kier molecular flexibility index (Phi) is 9.94. The van der Waals surface area contributed by atoms with Crippen molar-refractivity contribution < 1.29 is 19.4 Å². The first-order valence-corrected chi connectivity index (χ1v) is 12.4. The molecule has 1 aliphatic heterocycles. The minimum absolute atomic E-state index is 0.0522. The summed E-state index contributed by atoms with van der Waals surface area (Å²) in [4.78, 5) is 18.7. The maximum absolute atomic E-state index is 13.5. The second-order valence-corrected chi connectivity index (χ2v) is 9.52. The molecular weight excluding hydrogens is 436 g/mol. The Morgan fingerprint density at radius 2 is 2.15 bits per heavy atom. The van der Waals surface area contributed by atoms with Crippen molar-refractivity contribution in [1.29, 1.82) is 0 Å². The Labute approximate surface area is 201 Å². The molecule has 1 amide bonds. The number of hydrogen-bond donors (Lipinski definition) is 1. The van der Waals surface area contributed by atoms with Crippen molar-refractivity contribution in [2.75, 3.05) is 46.5 Å². The molecule has 2 heterocycles. The van der Waals surface area contributed by atoms with Crippen LogP contribution in [0.15, 0.2) is 48.4 Å². The van der Waals surface area contributed by atoms with Crippen LogP contribution < -0.4 is 4.74 Å². The van der Waals surface area contributed by atoms with E-state index in [0.29, 0.717) is 39.3 Å². The second-order valence-electron chi connectivity index (χ2n) is 8.52. The molecule has 0 spiro atoms. The molecule has 0 bridgehead atoms. The third-order valence-electron chi connectivity index (χ3n) is 5.99. The number of aryl methyl sites for hydroxylation is 1. The van der Waals surface area contributed by atoms with E-state index in [4.69, 9.17) is 9.47 Å². The number of rotatable bonds is 13. The van der Waals surface area contributed by atoms with Gasteiger partial charge in [-0.1, -0.05) is 23.8 Å². The zero-order chi connectivity index (χ0) is 23.6. The SMILES string of the molecule is C=CCCC(O)CN(CCOC)CC(=O)N1CCc2sccc2C1COc1ccc(C)cc1. The Morgan fingerprint density at radius 1 is 1.36 bits per heavy atom. The van der Waals surface area contributed by atoms with Crippen LogP contribution in [0.1, 0.15) is 34.9 Å². The predicted molar refractivity (Wildman–Crippen MR) is 133 cm³/mol. The molecule has 180 valence electrons. The smallest absolute Gasteiger partial charge is 0.237 e. The number of aliphatic hydroxyl groups is 1. The molecule has 0 fully saturated rings. The Morgan fingerprint density at radius 3 is 2.88 bits per heavy atom. The second kappa shape index (κ2) is 12.9. The first-order valence-electron chi connectivity index (χ1n) is 11.6. The molecule has 2 atom stereocenters. The molecule has 2 aromatic rings. The molecule has 0 aliphatic carbocycles. The van der Waals surface area contributed by atoms with Gasteiger partial charge in [0.15, 0.2) is 0 Å². The van der Waals surface area contributed by atoms with Crippen LogP contribution in [-0.4, -0.2) is 73.4 Å². The minimum Gasteiger partial charge on any atom is -0.491 e. The summed E-state index contributed by atoms with van der Waals surface area (Å²) < 4.78 is 11.3. The molecule has 1 aliphatic rings. The molecule has 6 nitrogen and oxygen atoms in total. The van der Waals surface area contributed by atoms with Crippen molar-refractivity contribution in [2.45, 2.75) is 38.3 Å². The number of aliphatic hydroxyl groups excluding tert-OH is 1. The van der Waals surface area contributed by atoms with E-state index in [9.17, 15) is 9.90 Å². The molecule has 3 rings (SSSR count). The predicted octanol–water partition coefficient (Wildman–Crippen LogP) is 3.84. The van der Waals surface area contributed by atoms with Crippen molar-refractivity contribution in [3.63, 3.8) is 0 Å². The molecule has 2 unspecified atom stereocenters. The first kappa shape index (κ1) is 25.4. The number of amides is 1. The molecule has 7 heteroatoms. The number of fused-ring (bicyclic) bond motifs is 1. The number of nitrogens with zero attached hydrogens (tertiary/aromatic N) is 2. The maximum atomic E-state index is 13.5. The summed E-state index contributed by atoms with van der Waals surface area (Å²) in [5.74, 6) is 0.860. The van der Waals surface area contributed by atoms with E-state index >= 15 is 0 Å². The van der Waals surface area contributed by atoms with Crippen LogP contribution in [0, 0.1) is 6.92 Å². The first-order chi connectivity index (χ1) is 16.0. The quantitative estimate of drug-likeness (QED) is 0.449. The van der Waals surface area contributed by atoms with Crippen molar-refractivity contribution in [2.24, 2.45) is 0 Å². The van der Waals surface area contributed by atoms with Gasteiger partial charge in [-0.25, -0.2) is 0 Å². The van der Waals surface area contributed by atoms with Crippen LogP contribution >= 0.6 is 11.3 Å². The minimum atomic E-state index is -0.502. The van der Waals surface area contributed by atoms with Gasteiger partial charge in [0, 0.05) is 31.6 Å². The summed E-state index contributed by atoms with van der Waals surface area (Å²) in [5, 5.41) is 12.5. The van der Waals surface area contributed by atoms with Crippen molar-refractivity contribution >= 4 is 17.2 Å². The van der Waals surface area contributed by atoms with Gasteiger partial charge in [0.05, 0.1) is 25.3 Å². The normalized spacial score (nSPS) is 16.5. The third-order valence-corrected chi connectivity index (χ3v) is 6.98. The van der Waals surface area contributed by atoms with Gasteiger partial charge in [-0.15, -0.1) is 17.9 Å². The summed E-state index contributed by atoms with van der Waals surface area (Å²) in [5.41, 5.74) is 2.37. The lowest BCUT2D eigenvalue weighted by Crippen LogP contribution is -2.48. The van der Waals surface area contributed by atoms with Gasteiger partial charge in [-0.05, 0) is 55.3 Å². The lowest BCUT2D eigenvalue weighted by atomic mass is 10.0. The summed E-state index contributed by atoms with van der Waals surface area (Å²) in [7, 11) is 1.65. The highest BCUT2D eigenvalue weighted by Crippen LogP contribution is 2.34. The van der Waals surface area contributed by atoms with E-state index in [1.807, 2.05) is 41.0 Å². The zero-order valence-electron chi connectivity index (χ0n) is 19.7. The van der Waals surface area contributed by atoms with Crippen LogP contribution in [0.5, 0.6) is 5.75 Å². The van der Waals surface area contributed by atoms with Crippen molar-refractivity contribution in [1.82, 2.24) is 9.80 Å². The molecule has 1 N–H and O–H groups in total. The summed E-state index contributed by atoms with van der Waals surface area (Å²) in [6.45, 7) is 8.64. The average molecular weight is 473 g/mol. The number of ether oxygens (including phenoxy) is 2. The monoisotopic (exact) mass is 472 g/mol. The summed E-state index contributed by atoms with van der Waals surface area (Å²) in [6.07, 6.45) is 3.55. The van der Waals surface area contributed by atoms with Crippen LogP contribution in [0.2, 0.25) is 0 Å². The van der Waals surface area contributed by atoms with E-state index in [2.05, 4.69) is 18.0 Å². The Hall–Kier alpha value is -2.19. The van der Waals surface area contributed by atoms with Gasteiger partial charge in [-0.3, -0.25) is 9.69 Å². The highest BCUT2D eigenvalue weighted by molar-refractivity contribution is 7.10. The van der Waals surface area contributed by atoms with Gasteiger partial charge in [-0.2, -0.15) is 0 Å². The van der Waals surface area contributed by atoms with Crippen molar-refractivity contribution in [3.05, 3.63) is 64.4 Å². The van der Waals surface area contributed by atoms with E-state index < -0.39 is 6.10 Å². The fourth-order valence-corrected chi connectivity index (χ4v) is 5.05. The number of benzene rings is 1. The van der Waals surface area contributed by atoms with Crippen LogP contribution in [0.25, 0.3) is 0 Å². The van der Waals surface area contributed by atoms with Crippen molar-refractivity contribution in [3.8, 4) is 5.75 Å². The van der Waals surface area contributed by atoms with E-state index in [1.165, 1.54) is 16.0 Å².